The summed E-state index contributed by atoms with van der Waals surface area (Å²) in [4.78, 5) is 28.5. The third-order valence-electron chi connectivity index (χ3n) is 7.24. The fraction of sp³-hybridized carbons (Fsp3) is 0.345. The average molecular weight is 581 g/mol. The van der Waals surface area contributed by atoms with Crippen molar-refractivity contribution in [2.75, 3.05) is 19.5 Å². The lowest BCUT2D eigenvalue weighted by atomic mass is 9.87. The highest BCUT2D eigenvalue weighted by Gasteiger charge is 2.29. The number of ether oxygens (including phenoxy) is 1. The summed E-state index contributed by atoms with van der Waals surface area (Å²) < 4.78 is 32.8. The quantitative estimate of drug-likeness (QED) is 0.225. The summed E-state index contributed by atoms with van der Waals surface area (Å²) in [7, 11) is -1.03. The lowest BCUT2D eigenvalue weighted by Crippen LogP contribution is -2.29. The van der Waals surface area contributed by atoms with Crippen LogP contribution in [0.1, 0.15) is 49.1 Å². The van der Waals surface area contributed by atoms with E-state index in [1.807, 2.05) is 36.4 Å². The molecule has 2 heterocycles. The van der Waals surface area contributed by atoms with E-state index in [9.17, 15) is 13.2 Å². The van der Waals surface area contributed by atoms with Crippen LogP contribution in [0.4, 0.5) is 5.13 Å². The van der Waals surface area contributed by atoms with Crippen LogP contribution in [0, 0.1) is 5.92 Å². The Morgan fingerprint density at radius 2 is 1.75 bits per heavy atom. The van der Waals surface area contributed by atoms with Crippen molar-refractivity contribution >= 4 is 42.7 Å². The molecule has 9 nitrogen and oxygen atoms in total. The SMILES string of the molecule is COc1ccc2nc(NC(=O)C(CC3CCCC3)c3ccc(S(=O)(=O)N(Cc4ccccc4)OC)cc3)sc2n1. The van der Waals surface area contributed by atoms with Gasteiger partial charge in [0, 0.05) is 6.07 Å². The van der Waals surface area contributed by atoms with Gasteiger partial charge in [0.15, 0.2) is 5.13 Å². The molecule has 40 heavy (non-hydrogen) atoms. The summed E-state index contributed by atoms with van der Waals surface area (Å²) in [6, 6.07) is 19.3. The Morgan fingerprint density at radius 3 is 2.42 bits per heavy atom. The molecule has 0 bridgehead atoms. The van der Waals surface area contributed by atoms with Gasteiger partial charge in [0.25, 0.3) is 10.0 Å². The predicted molar refractivity (Wildman–Crippen MR) is 155 cm³/mol. The second-order valence-electron chi connectivity index (χ2n) is 9.83. The zero-order valence-corrected chi connectivity index (χ0v) is 24.1. The molecule has 2 aromatic carbocycles. The van der Waals surface area contributed by atoms with E-state index < -0.39 is 15.9 Å². The number of hydroxylamine groups is 1. The highest BCUT2D eigenvalue weighted by atomic mass is 32.2. The fourth-order valence-corrected chi connectivity index (χ4v) is 7.17. The minimum atomic E-state index is -3.92. The molecule has 1 amide bonds. The maximum atomic E-state index is 13.6. The van der Waals surface area contributed by atoms with Crippen molar-refractivity contribution in [3.8, 4) is 5.88 Å². The summed E-state index contributed by atoms with van der Waals surface area (Å²) >= 11 is 1.29. The number of hydrogen-bond acceptors (Lipinski definition) is 8. The van der Waals surface area contributed by atoms with Crippen molar-refractivity contribution in [3.63, 3.8) is 0 Å². The molecule has 210 valence electrons. The summed E-state index contributed by atoms with van der Waals surface area (Å²) in [6.07, 6.45) is 5.19. The number of methoxy groups -OCH3 is 1. The number of nitrogens with zero attached hydrogens (tertiary/aromatic N) is 3. The van der Waals surface area contributed by atoms with Crippen molar-refractivity contribution in [2.45, 2.75) is 49.5 Å². The smallest absolute Gasteiger partial charge is 0.265 e. The van der Waals surface area contributed by atoms with E-state index in [2.05, 4.69) is 15.3 Å². The van der Waals surface area contributed by atoms with Crippen LogP contribution in [-0.4, -0.2) is 43.0 Å². The minimum Gasteiger partial charge on any atom is -0.481 e. The third-order valence-corrected chi connectivity index (χ3v) is 9.80. The average Bonchev–Trinajstić information content (AvgIpc) is 3.64. The van der Waals surface area contributed by atoms with Gasteiger partial charge in [-0.15, -0.1) is 0 Å². The number of benzene rings is 2. The van der Waals surface area contributed by atoms with Gasteiger partial charge in [-0.3, -0.25) is 9.63 Å². The number of anilines is 1. The van der Waals surface area contributed by atoms with Crippen molar-refractivity contribution < 1.29 is 22.8 Å². The Balaban J connectivity index is 1.37. The van der Waals surface area contributed by atoms with Crippen LogP contribution in [-0.2, 0) is 26.2 Å². The first-order chi connectivity index (χ1) is 19.4. The molecule has 0 aliphatic heterocycles. The standard InChI is InChI=1S/C29H32N4O5S2/c1-37-26-17-16-25-28(31-26)39-29(30-25)32-27(34)24(18-20-8-6-7-9-20)22-12-14-23(15-13-22)40(35,36)33(38-2)19-21-10-4-3-5-11-21/h3-5,10-17,20,24H,6-9,18-19H2,1-2H3,(H,30,32,34). The van der Waals surface area contributed by atoms with Crippen LogP contribution in [0.3, 0.4) is 0 Å². The molecule has 1 N–H and O–H groups in total. The maximum absolute atomic E-state index is 13.6. The summed E-state index contributed by atoms with van der Waals surface area (Å²) in [5, 5.41) is 3.45. The Morgan fingerprint density at radius 1 is 1.02 bits per heavy atom. The van der Waals surface area contributed by atoms with E-state index in [0.29, 0.717) is 33.7 Å². The molecule has 1 aliphatic rings. The maximum Gasteiger partial charge on any atom is 0.265 e. The predicted octanol–water partition coefficient (Wildman–Crippen LogP) is 5.75. The van der Waals surface area contributed by atoms with Gasteiger partial charge in [-0.2, -0.15) is 0 Å². The minimum absolute atomic E-state index is 0.0804. The summed E-state index contributed by atoms with van der Waals surface area (Å²) in [6.45, 7) is 0.0804. The molecule has 11 heteroatoms. The van der Waals surface area contributed by atoms with Gasteiger partial charge >= 0.3 is 0 Å². The Labute approximate surface area is 238 Å². The zero-order valence-electron chi connectivity index (χ0n) is 22.4. The number of hydrogen-bond donors (Lipinski definition) is 1. The van der Waals surface area contributed by atoms with Crippen LogP contribution in [0.5, 0.6) is 5.88 Å². The van der Waals surface area contributed by atoms with Gasteiger partial charge in [0.2, 0.25) is 11.8 Å². The monoisotopic (exact) mass is 580 g/mol. The topological polar surface area (TPSA) is 111 Å². The molecule has 1 aliphatic carbocycles. The number of sulfonamides is 1. The Kier molecular flexibility index (Phi) is 8.75. The number of carbonyl (C=O) groups excluding carboxylic acids is 1. The largest absolute Gasteiger partial charge is 0.481 e. The van der Waals surface area contributed by atoms with Crippen LogP contribution in [0.25, 0.3) is 10.3 Å². The van der Waals surface area contributed by atoms with Gasteiger partial charge in [0.05, 0.1) is 31.6 Å². The number of aromatic nitrogens is 2. The van der Waals surface area contributed by atoms with Crippen molar-refractivity contribution in [1.29, 1.82) is 0 Å². The van der Waals surface area contributed by atoms with E-state index in [-0.39, 0.29) is 17.3 Å². The molecular formula is C29H32N4O5S2. The van der Waals surface area contributed by atoms with Crippen LogP contribution < -0.4 is 10.1 Å². The van der Waals surface area contributed by atoms with Crippen LogP contribution >= 0.6 is 11.3 Å². The zero-order chi connectivity index (χ0) is 28.1. The second kappa shape index (κ2) is 12.4. The van der Waals surface area contributed by atoms with Gasteiger partial charge in [0.1, 0.15) is 10.3 Å². The van der Waals surface area contributed by atoms with Crippen molar-refractivity contribution in [1.82, 2.24) is 14.4 Å². The molecule has 4 aromatic rings. The van der Waals surface area contributed by atoms with E-state index in [4.69, 9.17) is 9.57 Å². The Bertz CT molecular complexity index is 1550. The number of nitrogens with one attached hydrogen (secondary N) is 1. The molecule has 0 spiro atoms. The molecule has 5 rings (SSSR count). The normalized spacial score (nSPS) is 15.0. The molecule has 1 unspecified atom stereocenters. The van der Waals surface area contributed by atoms with Crippen molar-refractivity contribution in [3.05, 3.63) is 77.9 Å². The number of amides is 1. The number of thiazole rings is 1. The number of rotatable bonds is 11. The molecule has 0 radical (unpaired) electrons. The lowest BCUT2D eigenvalue weighted by Gasteiger charge is -2.22. The van der Waals surface area contributed by atoms with Gasteiger partial charge < -0.3 is 10.1 Å². The highest BCUT2D eigenvalue weighted by molar-refractivity contribution is 7.89. The Hall–Kier alpha value is -3.38. The van der Waals surface area contributed by atoms with Gasteiger partial charge in [-0.05, 0) is 41.7 Å². The molecule has 1 fully saturated rings. The first kappa shape index (κ1) is 28.2. The number of pyridine rings is 1. The summed E-state index contributed by atoms with van der Waals surface area (Å²) in [5.74, 6) is 0.308. The van der Waals surface area contributed by atoms with Gasteiger partial charge in [-0.25, -0.2) is 18.4 Å². The third kappa shape index (κ3) is 6.33. The molecule has 0 saturated heterocycles. The number of carbonyl (C=O) groups is 1. The van der Waals surface area contributed by atoms with Gasteiger partial charge in [-0.1, -0.05) is 84.0 Å². The molecule has 1 saturated carbocycles. The first-order valence-corrected chi connectivity index (χ1v) is 15.5. The lowest BCUT2D eigenvalue weighted by molar-refractivity contribution is -0.118. The second-order valence-corrected chi connectivity index (χ2v) is 12.6. The number of fused-ring (bicyclic) bond motifs is 1. The van der Waals surface area contributed by atoms with E-state index in [0.717, 1.165) is 41.3 Å². The molecule has 2 aromatic heterocycles. The molecular weight excluding hydrogens is 548 g/mol. The molecule has 1 atom stereocenters. The summed E-state index contributed by atoms with van der Waals surface area (Å²) in [5.41, 5.74) is 2.25. The van der Waals surface area contributed by atoms with E-state index in [1.165, 1.54) is 18.4 Å². The highest BCUT2D eigenvalue weighted by Crippen LogP contribution is 2.36. The van der Waals surface area contributed by atoms with Crippen molar-refractivity contribution in [2.24, 2.45) is 5.92 Å². The van der Waals surface area contributed by atoms with E-state index >= 15 is 0 Å². The van der Waals surface area contributed by atoms with Crippen LogP contribution in [0.15, 0.2) is 71.6 Å². The first-order valence-electron chi connectivity index (χ1n) is 13.2. The van der Waals surface area contributed by atoms with E-state index in [1.54, 1.807) is 37.4 Å². The van der Waals surface area contributed by atoms with Crippen LogP contribution in [0.2, 0.25) is 0 Å². The fourth-order valence-electron chi connectivity index (χ4n) is 5.10.